The zero-order valence-corrected chi connectivity index (χ0v) is 7.88. The van der Waals surface area contributed by atoms with Gasteiger partial charge in [-0.2, -0.15) is 11.8 Å². The molecule has 0 saturated heterocycles. The number of H-pyrrole nitrogens is 2. The van der Waals surface area contributed by atoms with Crippen molar-refractivity contribution >= 4 is 23.4 Å². The van der Waals surface area contributed by atoms with Crippen LogP contribution in [0.5, 0.6) is 0 Å². The monoisotopic (exact) mass is 206 g/mol. The Balaban J connectivity index is 3.28. The van der Waals surface area contributed by atoms with Gasteiger partial charge in [-0.3, -0.25) is 9.78 Å². The summed E-state index contributed by atoms with van der Waals surface area (Å²) in [6.45, 7) is 0. The van der Waals surface area contributed by atoms with Gasteiger partial charge in [-0.05, 0) is 6.26 Å². The Bertz CT molecular complexity index is 384. The highest BCUT2D eigenvalue weighted by atomic mass is 35.5. The van der Waals surface area contributed by atoms with Gasteiger partial charge in [0.2, 0.25) is 0 Å². The average molecular weight is 207 g/mol. The van der Waals surface area contributed by atoms with Gasteiger partial charge < -0.3 is 4.98 Å². The Hall–Kier alpha value is -0.680. The van der Waals surface area contributed by atoms with Crippen LogP contribution >= 0.6 is 23.4 Å². The minimum absolute atomic E-state index is 0.0592. The molecular weight excluding hydrogens is 200 g/mol. The molecule has 0 aromatic carbocycles. The summed E-state index contributed by atoms with van der Waals surface area (Å²) >= 11 is 7.10. The molecule has 0 aliphatic carbocycles. The number of rotatable bonds is 2. The SMILES string of the molecule is CSCc1[nH]c(=O)[nH]c(=O)c1Cl. The molecule has 0 bridgehead atoms. The molecule has 0 aliphatic heterocycles. The van der Waals surface area contributed by atoms with E-state index in [1.54, 1.807) is 0 Å². The van der Waals surface area contributed by atoms with Crippen LogP contribution in [-0.4, -0.2) is 16.2 Å². The van der Waals surface area contributed by atoms with Crippen LogP contribution in [0.25, 0.3) is 0 Å². The number of thioether (sulfide) groups is 1. The average Bonchev–Trinajstić information content (AvgIpc) is 2.00. The van der Waals surface area contributed by atoms with Crippen LogP contribution < -0.4 is 11.2 Å². The minimum atomic E-state index is -0.538. The third kappa shape index (κ3) is 1.92. The van der Waals surface area contributed by atoms with Crippen molar-refractivity contribution in [3.8, 4) is 0 Å². The van der Waals surface area contributed by atoms with Gasteiger partial charge in [0.1, 0.15) is 5.02 Å². The van der Waals surface area contributed by atoms with Gasteiger partial charge >= 0.3 is 5.69 Å². The predicted octanol–water partition coefficient (Wildman–Crippen LogP) is 0.580. The molecule has 4 nitrogen and oxygen atoms in total. The number of halogens is 1. The molecule has 0 saturated carbocycles. The number of nitrogens with one attached hydrogen (secondary N) is 2. The predicted molar refractivity (Wildman–Crippen MR) is 49.9 cm³/mol. The summed E-state index contributed by atoms with van der Waals surface area (Å²) in [7, 11) is 0. The molecule has 0 atom stereocenters. The summed E-state index contributed by atoms with van der Waals surface area (Å²) in [5, 5.41) is 0.0592. The van der Waals surface area contributed by atoms with Gasteiger partial charge in [-0.25, -0.2) is 4.79 Å². The lowest BCUT2D eigenvalue weighted by Gasteiger charge is -1.98. The Labute approximate surface area is 77.4 Å². The van der Waals surface area contributed by atoms with Crippen molar-refractivity contribution in [3.05, 3.63) is 31.6 Å². The molecule has 0 unspecified atom stereocenters. The lowest BCUT2D eigenvalue weighted by atomic mass is 10.4. The largest absolute Gasteiger partial charge is 0.326 e. The van der Waals surface area contributed by atoms with Crippen LogP contribution in [0.4, 0.5) is 0 Å². The Morgan fingerprint density at radius 1 is 1.42 bits per heavy atom. The molecule has 1 aromatic rings. The third-order valence-corrected chi connectivity index (χ3v) is 2.22. The van der Waals surface area contributed by atoms with Crippen LogP contribution in [-0.2, 0) is 5.75 Å². The quantitative estimate of drug-likeness (QED) is 0.744. The summed E-state index contributed by atoms with van der Waals surface area (Å²) in [6.07, 6.45) is 1.86. The molecule has 2 N–H and O–H groups in total. The Morgan fingerprint density at radius 3 is 2.67 bits per heavy atom. The maximum atomic E-state index is 10.9. The third-order valence-electron chi connectivity index (χ3n) is 1.24. The molecule has 0 spiro atoms. The standard InChI is InChI=1S/C6H7ClN2O2S/c1-12-2-3-4(7)5(10)9-6(11)8-3/h2H2,1H3,(H2,8,9,10,11). The molecule has 1 aromatic heterocycles. The first-order chi connectivity index (χ1) is 5.65. The highest BCUT2D eigenvalue weighted by Crippen LogP contribution is 2.11. The molecule has 0 radical (unpaired) electrons. The number of hydrogen-bond acceptors (Lipinski definition) is 3. The van der Waals surface area contributed by atoms with Gasteiger partial charge in [-0.15, -0.1) is 0 Å². The fourth-order valence-corrected chi connectivity index (χ4v) is 1.51. The molecular formula is C6H7ClN2O2S. The summed E-state index contributed by atoms with van der Waals surface area (Å²) in [5.41, 5.74) is -0.587. The van der Waals surface area contributed by atoms with Crippen LogP contribution in [0.2, 0.25) is 5.02 Å². The van der Waals surface area contributed by atoms with E-state index in [9.17, 15) is 9.59 Å². The van der Waals surface area contributed by atoms with E-state index in [2.05, 4.69) is 4.98 Å². The topological polar surface area (TPSA) is 65.7 Å². The molecule has 12 heavy (non-hydrogen) atoms. The summed E-state index contributed by atoms with van der Waals surface area (Å²) in [6, 6.07) is 0. The molecule has 1 rings (SSSR count). The van der Waals surface area contributed by atoms with E-state index in [1.807, 2.05) is 11.2 Å². The van der Waals surface area contributed by atoms with Crippen LogP contribution in [0.3, 0.4) is 0 Å². The van der Waals surface area contributed by atoms with Crippen LogP contribution in [0.1, 0.15) is 5.69 Å². The first kappa shape index (κ1) is 9.41. The van der Waals surface area contributed by atoms with Crippen LogP contribution in [0, 0.1) is 0 Å². The Kier molecular flexibility index (Phi) is 2.99. The zero-order chi connectivity index (χ0) is 9.14. The molecule has 1 heterocycles. The van der Waals surface area contributed by atoms with E-state index in [0.717, 1.165) is 0 Å². The summed E-state index contributed by atoms with van der Waals surface area (Å²) < 4.78 is 0. The molecule has 66 valence electrons. The van der Waals surface area contributed by atoms with E-state index >= 15 is 0 Å². The van der Waals surface area contributed by atoms with Crippen molar-refractivity contribution in [1.82, 2.24) is 9.97 Å². The Morgan fingerprint density at radius 2 is 2.08 bits per heavy atom. The second-order valence-corrected chi connectivity index (χ2v) is 3.38. The van der Waals surface area contributed by atoms with Crippen molar-refractivity contribution in [1.29, 1.82) is 0 Å². The molecule has 6 heteroatoms. The second-order valence-electron chi connectivity index (χ2n) is 2.13. The first-order valence-electron chi connectivity index (χ1n) is 3.15. The minimum Gasteiger partial charge on any atom is -0.309 e. The van der Waals surface area contributed by atoms with E-state index in [1.165, 1.54) is 11.8 Å². The maximum Gasteiger partial charge on any atom is 0.326 e. The van der Waals surface area contributed by atoms with Crippen molar-refractivity contribution in [2.24, 2.45) is 0 Å². The summed E-state index contributed by atoms with van der Waals surface area (Å²) in [5.74, 6) is 0.526. The smallest absolute Gasteiger partial charge is 0.309 e. The molecule has 0 amide bonds. The van der Waals surface area contributed by atoms with Crippen molar-refractivity contribution in [2.75, 3.05) is 6.26 Å². The van der Waals surface area contributed by atoms with Gasteiger partial charge in [0, 0.05) is 5.75 Å². The number of aromatic nitrogens is 2. The van der Waals surface area contributed by atoms with Crippen molar-refractivity contribution < 1.29 is 0 Å². The van der Waals surface area contributed by atoms with Gasteiger partial charge in [0.05, 0.1) is 5.69 Å². The van der Waals surface area contributed by atoms with Crippen molar-refractivity contribution in [3.63, 3.8) is 0 Å². The maximum absolute atomic E-state index is 10.9. The molecule has 0 fully saturated rings. The number of hydrogen-bond donors (Lipinski definition) is 2. The van der Waals surface area contributed by atoms with Gasteiger partial charge in [0.15, 0.2) is 0 Å². The van der Waals surface area contributed by atoms with E-state index in [4.69, 9.17) is 11.6 Å². The van der Waals surface area contributed by atoms with E-state index in [-0.39, 0.29) is 5.02 Å². The highest BCUT2D eigenvalue weighted by Gasteiger charge is 2.04. The normalized spacial score (nSPS) is 10.2. The lowest BCUT2D eigenvalue weighted by molar-refractivity contribution is 0.987. The number of aromatic amines is 2. The highest BCUT2D eigenvalue weighted by molar-refractivity contribution is 7.97. The second kappa shape index (κ2) is 3.82. The fraction of sp³-hybridized carbons (Fsp3) is 0.333. The molecule has 0 aliphatic rings. The van der Waals surface area contributed by atoms with E-state index in [0.29, 0.717) is 11.4 Å². The lowest BCUT2D eigenvalue weighted by Crippen LogP contribution is -2.24. The van der Waals surface area contributed by atoms with Gasteiger partial charge in [0.25, 0.3) is 5.56 Å². The fourth-order valence-electron chi connectivity index (χ4n) is 0.762. The van der Waals surface area contributed by atoms with Crippen molar-refractivity contribution in [2.45, 2.75) is 5.75 Å². The van der Waals surface area contributed by atoms with Gasteiger partial charge in [-0.1, -0.05) is 11.6 Å². The van der Waals surface area contributed by atoms with E-state index < -0.39 is 11.2 Å². The first-order valence-corrected chi connectivity index (χ1v) is 4.92. The zero-order valence-electron chi connectivity index (χ0n) is 6.31. The summed E-state index contributed by atoms with van der Waals surface area (Å²) in [4.78, 5) is 26.2. The van der Waals surface area contributed by atoms with Crippen LogP contribution in [0.15, 0.2) is 9.59 Å².